The Morgan fingerprint density at radius 3 is 2.03 bits per heavy atom. The van der Waals surface area contributed by atoms with Crippen LogP contribution in [0.25, 0.3) is 0 Å². The van der Waals surface area contributed by atoms with Gasteiger partial charge in [0.25, 0.3) is 0 Å². The van der Waals surface area contributed by atoms with E-state index in [1.54, 1.807) is 24.3 Å². The predicted molar refractivity (Wildman–Crippen MR) is 130 cm³/mol. The van der Waals surface area contributed by atoms with Crippen molar-refractivity contribution in [3.05, 3.63) is 47.0 Å². The van der Waals surface area contributed by atoms with Crippen molar-refractivity contribution in [2.24, 2.45) is 0 Å². The normalized spacial score (nSPS) is 22.6. The summed E-state index contributed by atoms with van der Waals surface area (Å²) in [5, 5.41) is 2.96. The second kappa shape index (κ2) is 12.2. The first-order valence-electron chi connectivity index (χ1n) is 11.5. The number of esters is 4. The number of nitrogens with one attached hydrogen (secondary N) is 1. The molecule has 1 fully saturated rings. The zero-order valence-corrected chi connectivity index (χ0v) is 21.1. The van der Waals surface area contributed by atoms with Gasteiger partial charge in [-0.05, 0) is 30.3 Å². The molecule has 0 bridgehead atoms. The second-order valence-corrected chi connectivity index (χ2v) is 8.34. The van der Waals surface area contributed by atoms with Crippen LogP contribution < -0.4 is 16.7 Å². The van der Waals surface area contributed by atoms with Crippen molar-refractivity contribution >= 4 is 41.1 Å². The number of ether oxygens (including phenoxy) is 5. The zero-order chi connectivity index (χ0) is 28.0. The van der Waals surface area contributed by atoms with E-state index in [9.17, 15) is 24.0 Å². The first kappa shape index (κ1) is 28.1. The molecule has 1 aliphatic rings. The Hall–Kier alpha value is -4.46. The van der Waals surface area contributed by atoms with Crippen LogP contribution in [0, 0.1) is 0 Å². The van der Waals surface area contributed by atoms with Crippen molar-refractivity contribution in [2.45, 2.75) is 58.3 Å². The molecule has 1 aromatic heterocycles. The van der Waals surface area contributed by atoms with Crippen LogP contribution in [0.15, 0.2) is 41.3 Å². The van der Waals surface area contributed by atoms with Gasteiger partial charge in [-0.3, -0.25) is 23.7 Å². The van der Waals surface area contributed by atoms with E-state index in [0.29, 0.717) is 11.4 Å². The number of hydrogen-bond acceptors (Lipinski definition) is 13. The summed E-state index contributed by atoms with van der Waals surface area (Å²) < 4.78 is 28.1. The van der Waals surface area contributed by atoms with Crippen LogP contribution in [0.1, 0.15) is 33.9 Å². The van der Waals surface area contributed by atoms with Crippen molar-refractivity contribution in [2.75, 3.05) is 17.7 Å². The van der Waals surface area contributed by atoms with Crippen LogP contribution in [0.3, 0.4) is 0 Å². The van der Waals surface area contributed by atoms with Gasteiger partial charge in [0, 0.05) is 45.3 Å². The Kier molecular flexibility index (Phi) is 9.02. The molecule has 0 spiro atoms. The first-order valence-corrected chi connectivity index (χ1v) is 11.5. The van der Waals surface area contributed by atoms with Crippen LogP contribution in [-0.2, 0) is 42.9 Å². The van der Waals surface area contributed by atoms with E-state index < -0.39 is 66.8 Å². The molecule has 204 valence electrons. The van der Waals surface area contributed by atoms with Gasteiger partial charge in [-0.2, -0.15) is 4.98 Å². The molecular weight excluding hydrogens is 504 g/mol. The van der Waals surface area contributed by atoms with E-state index >= 15 is 0 Å². The molecule has 14 nitrogen and oxygen atoms in total. The average Bonchev–Trinajstić information content (AvgIpc) is 2.81. The number of carbonyl (C=O) groups excluding carboxylic acids is 4. The lowest BCUT2D eigenvalue weighted by Gasteiger charge is -2.44. The summed E-state index contributed by atoms with van der Waals surface area (Å²) >= 11 is 0. The summed E-state index contributed by atoms with van der Waals surface area (Å²) in [5.41, 5.74) is 6.05. The highest BCUT2D eigenvalue weighted by Gasteiger charge is 2.53. The molecule has 1 saturated heterocycles. The van der Waals surface area contributed by atoms with Crippen molar-refractivity contribution in [3.63, 3.8) is 0 Å². The first-order chi connectivity index (χ1) is 17.9. The number of carbonyl (C=O) groups is 4. The molecule has 3 rings (SSSR count). The number of hydrogen-bond donors (Lipinski definition) is 2. The topological polar surface area (TPSA) is 187 Å². The number of rotatable bonds is 8. The Labute approximate surface area is 217 Å². The molecule has 2 aromatic rings. The Morgan fingerprint density at radius 1 is 0.895 bits per heavy atom. The van der Waals surface area contributed by atoms with Gasteiger partial charge in [0.2, 0.25) is 0 Å². The summed E-state index contributed by atoms with van der Waals surface area (Å²) in [5.74, 6) is -2.80. The Balaban J connectivity index is 2.02. The Morgan fingerprint density at radius 2 is 1.47 bits per heavy atom. The van der Waals surface area contributed by atoms with Crippen molar-refractivity contribution < 1.29 is 42.9 Å². The SMILES string of the molecule is CC(=O)OC[C@H]1O[C@@H](n2ccc(Nc3ccc(N)cc3)nc2=O)[C@H](OC(C)=O)[C@@H](OC(C)=O)[C@@H]1OC(C)=O. The third-order valence-electron chi connectivity index (χ3n) is 5.25. The summed E-state index contributed by atoms with van der Waals surface area (Å²) in [6.45, 7) is 4.06. The van der Waals surface area contributed by atoms with Crippen molar-refractivity contribution in [1.82, 2.24) is 9.55 Å². The number of nitrogens with zero attached hydrogens (tertiary/aromatic N) is 2. The fourth-order valence-corrected chi connectivity index (χ4v) is 3.82. The molecule has 0 aliphatic carbocycles. The lowest BCUT2D eigenvalue weighted by molar-refractivity contribution is -0.269. The number of nitrogen functional groups attached to an aromatic ring is 1. The fraction of sp³-hybridized carbons (Fsp3) is 0.417. The van der Waals surface area contributed by atoms with Crippen molar-refractivity contribution in [1.29, 1.82) is 0 Å². The summed E-state index contributed by atoms with van der Waals surface area (Å²) in [4.78, 5) is 64.4. The van der Waals surface area contributed by atoms with E-state index in [0.717, 1.165) is 32.3 Å². The van der Waals surface area contributed by atoms with Crippen molar-refractivity contribution in [3.8, 4) is 0 Å². The smallest absolute Gasteiger partial charge is 0.351 e. The van der Waals surface area contributed by atoms with Gasteiger partial charge in [0.05, 0.1) is 0 Å². The van der Waals surface area contributed by atoms with Gasteiger partial charge in [0.1, 0.15) is 18.5 Å². The summed E-state index contributed by atoms with van der Waals surface area (Å²) in [6.07, 6.45) is -5.48. The number of nitrogens with two attached hydrogens (primary N) is 1. The van der Waals surface area contributed by atoms with E-state index in [1.807, 2.05) is 0 Å². The summed E-state index contributed by atoms with van der Waals surface area (Å²) in [6, 6.07) is 8.19. The molecule has 0 amide bonds. The van der Waals surface area contributed by atoms with Crippen LogP contribution in [-0.4, -0.2) is 64.5 Å². The maximum Gasteiger partial charge on any atom is 0.351 e. The van der Waals surface area contributed by atoms with E-state index in [4.69, 9.17) is 29.4 Å². The van der Waals surface area contributed by atoms with Crippen LogP contribution in [0.5, 0.6) is 0 Å². The number of benzene rings is 1. The van der Waals surface area contributed by atoms with Crippen LogP contribution in [0.2, 0.25) is 0 Å². The van der Waals surface area contributed by atoms with Gasteiger partial charge < -0.3 is 34.7 Å². The summed E-state index contributed by atoms with van der Waals surface area (Å²) in [7, 11) is 0. The molecule has 0 unspecified atom stereocenters. The molecule has 5 atom stereocenters. The number of aromatic nitrogens is 2. The third kappa shape index (κ3) is 7.29. The molecule has 0 saturated carbocycles. The lowest BCUT2D eigenvalue weighted by Crippen LogP contribution is -2.61. The van der Waals surface area contributed by atoms with Gasteiger partial charge in [-0.25, -0.2) is 4.79 Å². The maximum atomic E-state index is 13.1. The predicted octanol–water partition coefficient (Wildman–Crippen LogP) is 0.825. The fourth-order valence-electron chi connectivity index (χ4n) is 3.82. The highest BCUT2D eigenvalue weighted by molar-refractivity contribution is 5.68. The van der Waals surface area contributed by atoms with Gasteiger partial charge in [-0.1, -0.05) is 0 Å². The highest BCUT2D eigenvalue weighted by atomic mass is 16.7. The van der Waals surface area contributed by atoms with Crippen LogP contribution in [0.4, 0.5) is 17.2 Å². The minimum Gasteiger partial charge on any atom is -0.463 e. The second-order valence-electron chi connectivity index (χ2n) is 8.34. The molecule has 3 N–H and O–H groups in total. The Bertz CT molecular complexity index is 1250. The number of anilines is 3. The van der Waals surface area contributed by atoms with E-state index in [1.165, 1.54) is 12.3 Å². The molecule has 38 heavy (non-hydrogen) atoms. The zero-order valence-electron chi connectivity index (χ0n) is 21.1. The maximum absolute atomic E-state index is 13.1. The van der Waals surface area contributed by atoms with Gasteiger partial charge in [-0.15, -0.1) is 0 Å². The molecule has 0 radical (unpaired) electrons. The minimum atomic E-state index is -1.44. The third-order valence-corrected chi connectivity index (χ3v) is 5.25. The highest BCUT2D eigenvalue weighted by Crippen LogP contribution is 2.34. The quantitative estimate of drug-likeness (QED) is 0.277. The van der Waals surface area contributed by atoms with E-state index in [2.05, 4.69) is 10.3 Å². The largest absolute Gasteiger partial charge is 0.463 e. The monoisotopic (exact) mass is 532 g/mol. The molecule has 1 aliphatic heterocycles. The average molecular weight is 533 g/mol. The van der Waals surface area contributed by atoms with Gasteiger partial charge >= 0.3 is 29.6 Å². The standard InChI is InChI=1S/C24H28N4O10/c1-12(29)34-11-18-20(35-13(2)30)21(36-14(3)31)22(37-15(4)32)23(38-18)28-10-9-19(27-24(28)33)26-17-7-5-16(25)6-8-17/h5-10,18,20-23H,11,25H2,1-4H3,(H,26,27,33)/t18-,20-,21+,22-,23-/m1/s1. The molecule has 14 heteroatoms. The molecule has 1 aromatic carbocycles. The molecular formula is C24H28N4O10. The lowest BCUT2D eigenvalue weighted by atomic mass is 9.97. The van der Waals surface area contributed by atoms with Gasteiger partial charge in [0.15, 0.2) is 24.5 Å². The molecule has 2 heterocycles. The van der Waals surface area contributed by atoms with Crippen LogP contribution >= 0.6 is 0 Å². The minimum absolute atomic E-state index is 0.196. The van der Waals surface area contributed by atoms with E-state index in [-0.39, 0.29) is 5.82 Å².